The van der Waals surface area contributed by atoms with Crippen LogP contribution in [0.2, 0.25) is 0 Å². The van der Waals surface area contributed by atoms with Crippen molar-refractivity contribution < 1.29 is 4.74 Å². The topological polar surface area (TPSA) is 51.4 Å². The van der Waals surface area contributed by atoms with Gasteiger partial charge in [0.25, 0.3) is 0 Å². The Labute approximate surface area is 137 Å². The minimum absolute atomic E-state index is 0.321. The third-order valence-electron chi connectivity index (χ3n) is 5.20. The first-order valence-electron chi connectivity index (χ1n) is 8.46. The Kier molecular flexibility index (Phi) is 3.92. The van der Waals surface area contributed by atoms with Crippen LogP contribution in [0.3, 0.4) is 0 Å². The first-order chi connectivity index (χ1) is 11.3. The van der Waals surface area contributed by atoms with Gasteiger partial charge in [0.15, 0.2) is 0 Å². The summed E-state index contributed by atoms with van der Waals surface area (Å²) in [6.07, 6.45) is 7.64. The molecule has 2 bridgehead atoms. The summed E-state index contributed by atoms with van der Waals surface area (Å²) in [5, 5.41) is 0. The van der Waals surface area contributed by atoms with Crippen molar-refractivity contribution in [2.75, 3.05) is 11.4 Å². The second-order valence-electron chi connectivity index (χ2n) is 6.59. The standard InChI is InChI=1S/C19H23N3O/c20-12-14-1-4-18(5-2-14)23-19-6-3-17-11-15(19)13-22(17)16-7-9-21-10-8-16/h1-2,4-5,7-10,15,17,19H,3,6,11-13,20H2. The van der Waals surface area contributed by atoms with Crippen molar-refractivity contribution in [3.05, 3.63) is 54.4 Å². The van der Waals surface area contributed by atoms with Crippen LogP contribution in [0, 0.1) is 5.92 Å². The summed E-state index contributed by atoms with van der Waals surface area (Å²) in [5.74, 6) is 1.57. The summed E-state index contributed by atoms with van der Waals surface area (Å²) < 4.78 is 6.29. The summed E-state index contributed by atoms with van der Waals surface area (Å²) >= 11 is 0. The van der Waals surface area contributed by atoms with Crippen molar-refractivity contribution in [1.29, 1.82) is 0 Å². The van der Waals surface area contributed by atoms with E-state index in [9.17, 15) is 0 Å². The summed E-state index contributed by atoms with van der Waals surface area (Å²) in [4.78, 5) is 6.66. The molecule has 0 amide bonds. The monoisotopic (exact) mass is 309 g/mol. The second-order valence-corrected chi connectivity index (χ2v) is 6.59. The third-order valence-corrected chi connectivity index (χ3v) is 5.20. The van der Waals surface area contributed by atoms with E-state index in [0.29, 0.717) is 24.6 Å². The zero-order chi connectivity index (χ0) is 15.6. The number of pyridine rings is 1. The molecule has 3 unspecified atom stereocenters. The molecule has 2 aliphatic rings. The zero-order valence-electron chi connectivity index (χ0n) is 13.3. The number of anilines is 1. The Bertz CT molecular complexity index is 643. The van der Waals surface area contributed by atoms with Crippen LogP contribution in [-0.4, -0.2) is 23.7 Å². The average Bonchev–Trinajstić information content (AvgIpc) is 2.97. The summed E-state index contributed by atoms with van der Waals surface area (Å²) in [5.41, 5.74) is 8.09. The van der Waals surface area contributed by atoms with Crippen molar-refractivity contribution in [3.8, 4) is 5.75 Å². The predicted octanol–water partition coefficient (Wildman–Crippen LogP) is 2.98. The highest BCUT2D eigenvalue weighted by Crippen LogP contribution is 2.39. The lowest BCUT2D eigenvalue weighted by atomic mass is 9.87. The van der Waals surface area contributed by atoms with E-state index < -0.39 is 0 Å². The Morgan fingerprint density at radius 3 is 2.61 bits per heavy atom. The van der Waals surface area contributed by atoms with E-state index in [1.807, 2.05) is 24.5 Å². The van der Waals surface area contributed by atoms with Gasteiger partial charge in [0, 0.05) is 43.1 Å². The fraction of sp³-hybridized carbons (Fsp3) is 0.421. The number of hydrogen-bond donors (Lipinski definition) is 1. The number of rotatable bonds is 4. The van der Waals surface area contributed by atoms with Gasteiger partial charge in [-0.15, -0.1) is 0 Å². The number of nitrogens with two attached hydrogens (primary N) is 1. The highest BCUT2D eigenvalue weighted by Gasteiger charge is 2.41. The molecule has 1 saturated carbocycles. The Morgan fingerprint density at radius 1 is 1.09 bits per heavy atom. The lowest BCUT2D eigenvalue weighted by molar-refractivity contribution is 0.113. The van der Waals surface area contributed by atoms with Crippen molar-refractivity contribution in [2.24, 2.45) is 11.7 Å². The molecule has 2 aromatic rings. The molecule has 2 N–H and O–H groups in total. The number of fused-ring (bicyclic) bond motifs is 2. The molecule has 2 fully saturated rings. The van der Waals surface area contributed by atoms with Gasteiger partial charge in [-0.25, -0.2) is 0 Å². The molecule has 2 heterocycles. The van der Waals surface area contributed by atoms with Crippen LogP contribution in [0.1, 0.15) is 24.8 Å². The van der Waals surface area contributed by atoms with Gasteiger partial charge >= 0.3 is 0 Å². The molecule has 0 spiro atoms. The minimum Gasteiger partial charge on any atom is -0.490 e. The maximum atomic E-state index is 6.29. The molecule has 23 heavy (non-hydrogen) atoms. The van der Waals surface area contributed by atoms with E-state index in [0.717, 1.165) is 24.3 Å². The van der Waals surface area contributed by atoms with Crippen LogP contribution in [0.15, 0.2) is 48.8 Å². The summed E-state index contributed by atoms with van der Waals surface area (Å²) in [7, 11) is 0. The van der Waals surface area contributed by atoms with Crippen molar-refractivity contribution >= 4 is 5.69 Å². The molecule has 4 heteroatoms. The van der Waals surface area contributed by atoms with E-state index in [1.165, 1.54) is 18.5 Å². The maximum absolute atomic E-state index is 6.29. The predicted molar refractivity (Wildman–Crippen MR) is 91.5 cm³/mol. The Hall–Kier alpha value is -2.07. The number of hydrogen-bond acceptors (Lipinski definition) is 4. The van der Waals surface area contributed by atoms with Crippen LogP contribution >= 0.6 is 0 Å². The van der Waals surface area contributed by atoms with E-state index in [2.05, 4.69) is 34.1 Å². The van der Waals surface area contributed by atoms with Crippen molar-refractivity contribution in [1.82, 2.24) is 4.98 Å². The largest absolute Gasteiger partial charge is 0.490 e. The summed E-state index contributed by atoms with van der Waals surface area (Å²) in [6, 6.07) is 13.1. The van der Waals surface area contributed by atoms with E-state index in [-0.39, 0.29) is 0 Å². The van der Waals surface area contributed by atoms with Gasteiger partial charge in [-0.2, -0.15) is 0 Å². The number of benzene rings is 1. The molecule has 0 radical (unpaired) electrons. The molecule has 1 saturated heterocycles. The fourth-order valence-electron chi connectivity index (χ4n) is 3.97. The normalized spacial score (nSPS) is 26.3. The SMILES string of the molecule is NCc1ccc(OC2CCC3CC2CN3c2ccncc2)cc1. The molecular weight excluding hydrogens is 286 g/mol. The molecule has 3 atom stereocenters. The maximum Gasteiger partial charge on any atom is 0.119 e. The number of nitrogens with zero attached hydrogens (tertiary/aromatic N) is 2. The number of aromatic nitrogens is 1. The smallest absolute Gasteiger partial charge is 0.119 e. The molecule has 120 valence electrons. The van der Waals surface area contributed by atoms with E-state index in [4.69, 9.17) is 10.5 Å². The average molecular weight is 309 g/mol. The molecule has 1 aromatic carbocycles. The molecule has 4 nitrogen and oxygen atoms in total. The van der Waals surface area contributed by atoms with Gasteiger partial charge in [-0.3, -0.25) is 4.98 Å². The van der Waals surface area contributed by atoms with Crippen LogP contribution < -0.4 is 15.4 Å². The van der Waals surface area contributed by atoms with Gasteiger partial charge in [0.2, 0.25) is 0 Å². The van der Waals surface area contributed by atoms with Crippen LogP contribution in [0.4, 0.5) is 5.69 Å². The highest BCUT2D eigenvalue weighted by molar-refractivity contribution is 5.47. The van der Waals surface area contributed by atoms with Crippen LogP contribution in [0.25, 0.3) is 0 Å². The first-order valence-corrected chi connectivity index (χ1v) is 8.46. The lowest BCUT2D eigenvalue weighted by Crippen LogP contribution is -2.31. The van der Waals surface area contributed by atoms with Crippen molar-refractivity contribution in [2.45, 2.75) is 38.0 Å². The minimum atomic E-state index is 0.321. The fourth-order valence-corrected chi connectivity index (χ4v) is 3.97. The van der Waals surface area contributed by atoms with Crippen LogP contribution in [0.5, 0.6) is 5.75 Å². The summed E-state index contributed by atoms with van der Waals surface area (Å²) in [6.45, 7) is 1.66. The van der Waals surface area contributed by atoms with E-state index in [1.54, 1.807) is 0 Å². The second kappa shape index (κ2) is 6.20. The molecule has 1 aliphatic heterocycles. The van der Waals surface area contributed by atoms with Gasteiger partial charge < -0.3 is 15.4 Å². The quantitative estimate of drug-likeness (QED) is 0.943. The van der Waals surface area contributed by atoms with Crippen molar-refractivity contribution in [3.63, 3.8) is 0 Å². The van der Waals surface area contributed by atoms with Crippen LogP contribution in [-0.2, 0) is 6.54 Å². The third kappa shape index (κ3) is 2.91. The molecule has 1 aliphatic carbocycles. The zero-order valence-corrected chi connectivity index (χ0v) is 13.3. The lowest BCUT2D eigenvalue weighted by Gasteiger charge is -2.29. The van der Waals surface area contributed by atoms with Gasteiger partial charge in [-0.05, 0) is 49.1 Å². The van der Waals surface area contributed by atoms with Gasteiger partial charge in [-0.1, -0.05) is 12.1 Å². The first kappa shape index (κ1) is 14.5. The number of ether oxygens (including phenoxy) is 1. The molecular formula is C19H23N3O. The highest BCUT2D eigenvalue weighted by atomic mass is 16.5. The Morgan fingerprint density at radius 2 is 1.87 bits per heavy atom. The van der Waals surface area contributed by atoms with Gasteiger partial charge in [0.05, 0.1) is 0 Å². The molecule has 1 aromatic heterocycles. The Balaban J connectivity index is 1.45. The van der Waals surface area contributed by atoms with E-state index >= 15 is 0 Å². The molecule has 4 rings (SSSR count). The van der Waals surface area contributed by atoms with Gasteiger partial charge in [0.1, 0.15) is 11.9 Å².